The van der Waals surface area contributed by atoms with Gasteiger partial charge in [0.05, 0.1) is 12.7 Å². The van der Waals surface area contributed by atoms with Crippen molar-refractivity contribution in [3.05, 3.63) is 70.8 Å². The number of hydrogen-bond acceptors (Lipinski definition) is 3. The summed E-state index contributed by atoms with van der Waals surface area (Å²) < 4.78 is 4.67. The van der Waals surface area contributed by atoms with Crippen molar-refractivity contribution in [2.45, 2.75) is 32.6 Å². The highest BCUT2D eigenvalue weighted by molar-refractivity contribution is 6.05. The van der Waals surface area contributed by atoms with Gasteiger partial charge >= 0.3 is 5.97 Å². The fraction of sp³-hybridized carbons (Fsp3) is 0.273. The van der Waals surface area contributed by atoms with Gasteiger partial charge in [0.15, 0.2) is 0 Å². The number of amides is 1. The molecule has 4 nitrogen and oxygen atoms in total. The Morgan fingerprint density at radius 1 is 1.04 bits per heavy atom. The smallest absolute Gasteiger partial charge is 0.337 e. The minimum absolute atomic E-state index is 0.0770. The first-order chi connectivity index (χ1) is 12.3. The van der Waals surface area contributed by atoms with E-state index in [1.807, 2.05) is 12.1 Å². The van der Waals surface area contributed by atoms with Gasteiger partial charge in [-0.2, -0.15) is 0 Å². The average Bonchev–Trinajstić information content (AvgIpc) is 2.64. The Morgan fingerprint density at radius 2 is 1.69 bits per heavy atom. The third-order valence-corrected chi connectivity index (χ3v) is 4.92. The van der Waals surface area contributed by atoms with Crippen molar-refractivity contribution < 1.29 is 14.3 Å². The van der Waals surface area contributed by atoms with Gasteiger partial charge in [-0.3, -0.25) is 4.79 Å². The molecule has 0 aromatic heterocycles. The lowest BCUT2D eigenvalue weighted by atomic mass is 9.73. The molecule has 1 aliphatic carbocycles. The van der Waals surface area contributed by atoms with Crippen LogP contribution in [0.25, 0.3) is 5.57 Å². The number of fused-ring (bicyclic) bond motifs is 1. The Hall–Kier alpha value is -2.88. The number of carbonyl (C=O) groups excluding carboxylic acids is 2. The van der Waals surface area contributed by atoms with Gasteiger partial charge in [-0.1, -0.05) is 26.0 Å². The number of methoxy groups -OCH3 is 1. The predicted molar refractivity (Wildman–Crippen MR) is 103 cm³/mol. The van der Waals surface area contributed by atoms with E-state index >= 15 is 0 Å². The van der Waals surface area contributed by atoms with Crippen molar-refractivity contribution in [1.82, 2.24) is 0 Å². The highest BCUT2D eigenvalue weighted by Gasteiger charge is 2.27. The average molecular weight is 349 g/mol. The summed E-state index contributed by atoms with van der Waals surface area (Å²) in [5, 5.41) is 2.87. The molecule has 2 aromatic carbocycles. The normalized spacial score (nSPS) is 14.8. The SMILES string of the molecule is COC(=O)c1ccc(NC(=O)c2ccc3c(c2)C(C)=CCC3(C)C)cc1. The number of hydrogen-bond donors (Lipinski definition) is 1. The summed E-state index contributed by atoms with van der Waals surface area (Å²) in [6, 6.07) is 12.5. The number of allylic oxidation sites excluding steroid dienone is 2. The summed E-state index contributed by atoms with van der Waals surface area (Å²) in [4.78, 5) is 24.1. The van der Waals surface area contributed by atoms with Crippen LogP contribution in [0.1, 0.15) is 59.0 Å². The van der Waals surface area contributed by atoms with Crippen LogP contribution in [-0.4, -0.2) is 19.0 Å². The molecule has 3 rings (SSSR count). The van der Waals surface area contributed by atoms with E-state index in [0.717, 1.165) is 12.0 Å². The summed E-state index contributed by atoms with van der Waals surface area (Å²) in [5.74, 6) is -0.572. The zero-order chi connectivity index (χ0) is 18.9. The molecule has 0 saturated heterocycles. The van der Waals surface area contributed by atoms with Gasteiger partial charge in [0.25, 0.3) is 5.91 Å². The zero-order valence-electron chi connectivity index (χ0n) is 15.6. The van der Waals surface area contributed by atoms with Gasteiger partial charge in [-0.15, -0.1) is 0 Å². The Kier molecular flexibility index (Phi) is 4.68. The first kappa shape index (κ1) is 17.9. The molecule has 1 N–H and O–H groups in total. The van der Waals surface area contributed by atoms with E-state index in [1.54, 1.807) is 24.3 Å². The molecule has 26 heavy (non-hydrogen) atoms. The molecular formula is C22H23NO3. The molecule has 0 saturated carbocycles. The van der Waals surface area contributed by atoms with E-state index < -0.39 is 5.97 Å². The third kappa shape index (κ3) is 3.40. The minimum Gasteiger partial charge on any atom is -0.465 e. The summed E-state index contributed by atoms with van der Waals surface area (Å²) in [5.41, 5.74) is 5.39. The second-order valence-corrected chi connectivity index (χ2v) is 7.26. The number of nitrogens with one attached hydrogen (secondary N) is 1. The molecule has 0 bridgehead atoms. The van der Waals surface area contributed by atoms with Crippen LogP contribution in [-0.2, 0) is 10.2 Å². The molecule has 4 heteroatoms. The highest BCUT2D eigenvalue weighted by Crippen LogP contribution is 2.39. The van der Waals surface area contributed by atoms with Crippen molar-refractivity contribution in [1.29, 1.82) is 0 Å². The van der Waals surface area contributed by atoms with Gasteiger partial charge < -0.3 is 10.1 Å². The number of anilines is 1. The van der Waals surface area contributed by atoms with Crippen molar-refractivity contribution in [3.8, 4) is 0 Å². The van der Waals surface area contributed by atoms with Crippen LogP contribution in [0.2, 0.25) is 0 Å². The van der Waals surface area contributed by atoms with Crippen LogP contribution in [0.3, 0.4) is 0 Å². The van der Waals surface area contributed by atoms with Crippen LogP contribution in [0, 0.1) is 0 Å². The second kappa shape index (κ2) is 6.79. The first-order valence-electron chi connectivity index (χ1n) is 8.63. The molecule has 0 fully saturated rings. The maximum Gasteiger partial charge on any atom is 0.337 e. The van der Waals surface area contributed by atoms with Crippen LogP contribution in [0.15, 0.2) is 48.5 Å². The quantitative estimate of drug-likeness (QED) is 0.809. The number of esters is 1. The molecule has 0 aliphatic heterocycles. The fourth-order valence-corrected chi connectivity index (χ4v) is 3.24. The lowest BCUT2D eigenvalue weighted by Crippen LogP contribution is -2.22. The Bertz CT molecular complexity index is 892. The first-order valence-corrected chi connectivity index (χ1v) is 8.63. The lowest BCUT2D eigenvalue weighted by Gasteiger charge is -2.31. The minimum atomic E-state index is -0.401. The van der Waals surface area contributed by atoms with E-state index in [0.29, 0.717) is 16.8 Å². The Balaban J connectivity index is 1.82. The van der Waals surface area contributed by atoms with Crippen molar-refractivity contribution >= 4 is 23.1 Å². The molecule has 0 unspecified atom stereocenters. The highest BCUT2D eigenvalue weighted by atomic mass is 16.5. The monoisotopic (exact) mass is 349 g/mol. The lowest BCUT2D eigenvalue weighted by molar-refractivity contribution is 0.0600. The molecular weight excluding hydrogens is 326 g/mol. The topological polar surface area (TPSA) is 55.4 Å². The van der Waals surface area contributed by atoms with Crippen molar-refractivity contribution in [2.75, 3.05) is 12.4 Å². The molecule has 0 atom stereocenters. The molecule has 0 radical (unpaired) electrons. The van der Waals surface area contributed by atoms with Crippen LogP contribution < -0.4 is 5.32 Å². The van der Waals surface area contributed by atoms with E-state index in [2.05, 4.69) is 43.0 Å². The maximum atomic E-state index is 12.6. The van der Waals surface area contributed by atoms with Crippen molar-refractivity contribution in [2.24, 2.45) is 0 Å². The standard InChI is InChI=1S/C22H23NO3/c1-14-11-12-22(2,3)19-10-7-16(13-18(14)19)20(24)23-17-8-5-15(6-9-17)21(25)26-4/h5-11,13H,12H2,1-4H3,(H,23,24). The van der Waals surface area contributed by atoms with Gasteiger partial charge in [0, 0.05) is 11.3 Å². The second-order valence-electron chi connectivity index (χ2n) is 7.26. The molecule has 1 aliphatic rings. The van der Waals surface area contributed by atoms with Gasteiger partial charge in [0.1, 0.15) is 0 Å². The molecule has 134 valence electrons. The number of benzene rings is 2. The zero-order valence-corrected chi connectivity index (χ0v) is 15.6. The molecule has 2 aromatic rings. The maximum absolute atomic E-state index is 12.6. The summed E-state index contributed by atoms with van der Waals surface area (Å²) in [7, 11) is 1.34. The molecule has 0 spiro atoms. The van der Waals surface area contributed by atoms with Crippen LogP contribution in [0.4, 0.5) is 5.69 Å². The molecule has 1 amide bonds. The van der Waals surface area contributed by atoms with Gasteiger partial charge in [0.2, 0.25) is 0 Å². The summed E-state index contributed by atoms with van der Waals surface area (Å²) in [6.45, 7) is 6.52. The number of ether oxygens (including phenoxy) is 1. The largest absolute Gasteiger partial charge is 0.465 e. The third-order valence-electron chi connectivity index (χ3n) is 4.92. The summed E-state index contributed by atoms with van der Waals surface area (Å²) >= 11 is 0. The van der Waals surface area contributed by atoms with E-state index in [4.69, 9.17) is 0 Å². The molecule has 0 heterocycles. The van der Waals surface area contributed by atoms with E-state index in [-0.39, 0.29) is 11.3 Å². The number of rotatable bonds is 3. The Morgan fingerprint density at radius 3 is 2.35 bits per heavy atom. The van der Waals surface area contributed by atoms with E-state index in [9.17, 15) is 9.59 Å². The summed E-state index contributed by atoms with van der Waals surface area (Å²) in [6.07, 6.45) is 3.24. The van der Waals surface area contributed by atoms with Gasteiger partial charge in [-0.05, 0) is 71.9 Å². The van der Waals surface area contributed by atoms with Crippen molar-refractivity contribution in [3.63, 3.8) is 0 Å². The van der Waals surface area contributed by atoms with Crippen LogP contribution in [0.5, 0.6) is 0 Å². The predicted octanol–water partition coefficient (Wildman–Crippen LogP) is 4.81. The van der Waals surface area contributed by atoms with Crippen LogP contribution >= 0.6 is 0 Å². The number of carbonyl (C=O) groups is 2. The van der Waals surface area contributed by atoms with Gasteiger partial charge in [-0.25, -0.2) is 4.79 Å². The fourth-order valence-electron chi connectivity index (χ4n) is 3.24. The van der Waals surface area contributed by atoms with E-state index in [1.165, 1.54) is 18.2 Å². The Labute approximate surface area is 153 Å².